The molecule has 1 aromatic heterocycles. The molecule has 0 spiro atoms. The zero-order valence-corrected chi connectivity index (χ0v) is 14.4. The molecule has 0 N–H and O–H groups in total. The van der Waals surface area contributed by atoms with Crippen LogP contribution in [0.3, 0.4) is 0 Å². The van der Waals surface area contributed by atoms with Crippen LogP contribution in [0.1, 0.15) is 11.3 Å². The van der Waals surface area contributed by atoms with Gasteiger partial charge in [-0.05, 0) is 28.8 Å². The van der Waals surface area contributed by atoms with E-state index >= 15 is 0 Å². The molecule has 0 saturated carbocycles. The number of rotatable bonds is 4. The molecule has 0 aliphatic carbocycles. The summed E-state index contributed by atoms with van der Waals surface area (Å²) in [6, 6.07) is 33.3. The van der Waals surface area contributed by atoms with Crippen LogP contribution in [0.2, 0.25) is 0 Å². The predicted octanol–water partition coefficient (Wildman–Crippen LogP) is 6.59. The Labute approximate surface area is 154 Å². The number of nitrogens with zero attached hydrogens (tertiary/aromatic N) is 1. The summed E-state index contributed by atoms with van der Waals surface area (Å²) in [7, 11) is 0. The molecule has 1 heterocycles. The maximum absolute atomic E-state index is 4.76. The molecule has 0 radical (unpaired) electrons. The Morgan fingerprint density at radius 1 is 0.538 bits per heavy atom. The SMILES string of the molecule is C(=C\c1ncc(-c2ccccc2)cc1-c1ccccc1)/c1ccccc1. The fourth-order valence-corrected chi connectivity index (χ4v) is 2.98. The van der Waals surface area contributed by atoms with E-state index in [1.165, 1.54) is 16.7 Å². The minimum Gasteiger partial charge on any atom is -0.256 e. The Kier molecular flexibility index (Phi) is 4.70. The third-order valence-electron chi connectivity index (χ3n) is 4.34. The van der Waals surface area contributed by atoms with Crippen molar-refractivity contribution in [1.29, 1.82) is 0 Å². The van der Waals surface area contributed by atoms with Gasteiger partial charge in [-0.15, -0.1) is 0 Å². The van der Waals surface area contributed by atoms with Gasteiger partial charge < -0.3 is 0 Å². The molecule has 0 aliphatic rings. The molecule has 26 heavy (non-hydrogen) atoms. The van der Waals surface area contributed by atoms with E-state index in [2.05, 4.69) is 78.9 Å². The maximum Gasteiger partial charge on any atom is 0.0708 e. The average Bonchev–Trinajstić information content (AvgIpc) is 2.74. The van der Waals surface area contributed by atoms with Crippen LogP contribution in [-0.2, 0) is 0 Å². The van der Waals surface area contributed by atoms with Gasteiger partial charge in [-0.2, -0.15) is 0 Å². The first-order valence-electron chi connectivity index (χ1n) is 8.74. The Bertz CT molecular complexity index is 1000. The largest absolute Gasteiger partial charge is 0.256 e. The lowest BCUT2D eigenvalue weighted by molar-refractivity contribution is 1.30. The molecule has 0 amide bonds. The molecular weight excluding hydrogens is 314 g/mol. The van der Waals surface area contributed by atoms with Crippen molar-refractivity contribution >= 4 is 12.2 Å². The summed E-state index contributed by atoms with van der Waals surface area (Å²) < 4.78 is 0. The molecule has 0 unspecified atom stereocenters. The smallest absolute Gasteiger partial charge is 0.0708 e. The minimum absolute atomic E-state index is 0.972. The van der Waals surface area contributed by atoms with Crippen LogP contribution in [0, 0.1) is 0 Å². The molecule has 4 aromatic rings. The number of pyridine rings is 1. The quantitative estimate of drug-likeness (QED) is 0.411. The van der Waals surface area contributed by atoms with Crippen LogP contribution in [0.15, 0.2) is 103 Å². The van der Waals surface area contributed by atoms with Crippen LogP contribution in [0.25, 0.3) is 34.4 Å². The van der Waals surface area contributed by atoms with Gasteiger partial charge in [0, 0.05) is 17.3 Å². The lowest BCUT2D eigenvalue weighted by atomic mass is 9.98. The van der Waals surface area contributed by atoms with Gasteiger partial charge in [0.1, 0.15) is 0 Å². The Morgan fingerprint density at radius 2 is 1.12 bits per heavy atom. The monoisotopic (exact) mass is 333 g/mol. The van der Waals surface area contributed by atoms with Crippen LogP contribution in [0.5, 0.6) is 0 Å². The van der Waals surface area contributed by atoms with Crippen molar-refractivity contribution in [1.82, 2.24) is 4.98 Å². The molecule has 0 atom stereocenters. The average molecular weight is 333 g/mol. The number of hydrogen-bond acceptors (Lipinski definition) is 1. The Hall–Kier alpha value is -3.45. The molecule has 0 fully saturated rings. The summed E-state index contributed by atoms with van der Waals surface area (Å²) in [4.78, 5) is 4.76. The lowest BCUT2D eigenvalue weighted by Gasteiger charge is -2.09. The first-order chi connectivity index (χ1) is 12.9. The number of aromatic nitrogens is 1. The third kappa shape index (κ3) is 3.62. The first kappa shape index (κ1) is 16.0. The summed E-state index contributed by atoms with van der Waals surface area (Å²) in [6.07, 6.45) is 6.15. The Balaban J connectivity index is 1.79. The van der Waals surface area contributed by atoms with Gasteiger partial charge in [-0.3, -0.25) is 4.98 Å². The molecule has 0 saturated heterocycles. The topological polar surface area (TPSA) is 12.9 Å². The fraction of sp³-hybridized carbons (Fsp3) is 0. The van der Waals surface area contributed by atoms with Gasteiger partial charge in [-0.25, -0.2) is 0 Å². The van der Waals surface area contributed by atoms with Gasteiger partial charge >= 0.3 is 0 Å². The predicted molar refractivity (Wildman–Crippen MR) is 110 cm³/mol. The van der Waals surface area contributed by atoms with E-state index in [1.807, 2.05) is 36.5 Å². The standard InChI is InChI=1S/C25H19N/c1-4-10-20(11-5-1)16-17-25-24(22-14-8-3-9-15-22)18-23(19-26-25)21-12-6-2-7-13-21/h1-19H/b17-16+. The van der Waals surface area contributed by atoms with Gasteiger partial charge in [0.25, 0.3) is 0 Å². The van der Waals surface area contributed by atoms with Crippen LogP contribution in [0.4, 0.5) is 0 Å². The molecule has 3 aromatic carbocycles. The summed E-state index contributed by atoms with van der Waals surface area (Å²) >= 11 is 0. The zero-order valence-electron chi connectivity index (χ0n) is 14.4. The second-order valence-corrected chi connectivity index (χ2v) is 6.13. The second-order valence-electron chi connectivity index (χ2n) is 6.13. The molecule has 0 bridgehead atoms. The zero-order chi connectivity index (χ0) is 17.6. The van der Waals surface area contributed by atoms with E-state index in [4.69, 9.17) is 4.98 Å². The summed E-state index contributed by atoms with van der Waals surface area (Å²) in [5, 5.41) is 0. The second kappa shape index (κ2) is 7.62. The maximum atomic E-state index is 4.76. The lowest BCUT2D eigenvalue weighted by Crippen LogP contribution is -1.90. The van der Waals surface area contributed by atoms with E-state index in [-0.39, 0.29) is 0 Å². The van der Waals surface area contributed by atoms with Crippen molar-refractivity contribution in [2.24, 2.45) is 0 Å². The molecule has 4 rings (SSSR count). The Morgan fingerprint density at radius 3 is 1.77 bits per heavy atom. The van der Waals surface area contributed by atoms with Crippen molar-refractivity contribution < 1.29 is 0 Å². The van der Waals surface area contributed by atoms with Gasteiger partial charge in [0.05, 0.1) is 5.69 Å². The molecule has 0 aliphatic heterocycles. The van der Waals surface area contributed by atoms with E-state index < -0.39 is 0 Å². The van der Waals surface area contributed by atoms with Crippen molar-refractivity contribution in [3.05, 3.63) is 115 Å². The van der Waals surface area contributed by atoms with Gasteiger partial charge in [0.15, 0.2) is 0 Å². The van der Waals surface area contributed by atoms with E-state index in [0.29, 0.717) is 0 Å². The normalized spacial score (nSPS) is 10.9. The van der Waals surface area contributed by atoms with Crippen LogP contribution in [-0.4, -0.2) is 4.98 Å². The number of benzene rings is 3. The third-order valence-corrected chi connectivity index (χ3v) is 4.34. The highest BCUT2D eigenvalue weighted by atomic mass is 14.7. The van der Waals surface area contributed by atoms with Gasteiger partial charge in [0.2, 0.25) is 0 Å². The highest BCUT2D eigenvalue weighted by Crippen LogP contribution is 2.29. The molecule has 124 valence electrons. The van der Waals surface area contributed by atoms with E-state index in [0.717, 1.165) is 16.8 Å². The van der Waals surface area contributed by atoms with Crippen molar-refractivity contribution in [3.8, 4) is 22.3 Å². The minimum atomic E-state index is 0.972. The summed E-state index contributed by atoms with van der Waals surface area (Å²) in [5.74, 6) is 0. The molecule has 1 heteroatoms. The highest BCUT2D eigenvalue weighted by molar-refractivity contribution is 5.82. The summed E-state index contributed by atoms with van der Waals surface area (Å²) in [6.45, 7) is 0. The van der Waals surface area contributed by atoms with Crippen molar-refractivity contribution in [2.45, 2.75) is 0 Å². The molecular formula is C25H19N. The first-order valence-corrected chi connectivity index (χ1v) is 8.74. The van der Waals surface area contributed by atoms with E-state index in [9.17, 15) is 0 Å². The molecule has 1 nitrogen and oxygen atoms in total. The highest BCUT2D eigenvalue weighted by Gasteiger charge is 2.07. The summed E-state index contributed by atoms with van der Waals surface area (Å²) in [5.41, 5.74) is 6.75. The van der Waals surface area contributed by atoms with Gasteiger partial charge in [-0.1, -0.05) is 97.1 Å². The fourth-order valence-electron chi connectivity index (χ4n) is 2.98. The van der Waals surface area contributed by atoms with Crippen molar-refractivity contribution in [2.75, 3.05) is 0 Å². The van der Waals surface area contributed by atoms with Crippen LogP contribution >= 0.6 is 0 Å². The van der Waals surface area contributed by atoms with E-state index in [1.54, 1.807) is 0 Å². The van der Waals surface area contributed by atoms with Crippen molar-refractivity contribution in [3.63, 3.8) is 0 Å². The number of hydrogen-bond donors (Lipinski definition) is 0. The van der Waals surface area contributed by atoms with Crippen LogP contribution < -0.4 is 0 Å².